The Labute approximate surface area is 97.8 Å². The van der Waals surface area contributed by atoms with Crippen molar-refractivity contribution in [2.75, 3.05) is 0 Å². The molecular weight excluding hydrogens is 180 g/mol. The van der Waals surface area contributed by atoms with Crippen LogP contribution in [0.3, 0.4) is 0 Å². The second-order valence-electron chi connectivity index (χ2n) is 5.00. The highest BCUT2D eigenvalue weighted by atomic mass is 14.2. The highest BCUT2D eigenvalue weighted by Crippen LogP contribution is 2.24. The lowest BCUT2D eigenvalue weighted by Gasteiger charge is -2.20. The van der Waals surface area contributed by atoms with E-state index in [9.17, 15) is 0 Å². The Morgan fingerprint density at radius 2 is 1.40 bits per heavy atom. The number of hydrogen-bond donors (Lipinski definition) is 0. The molecule has 2 unspecified atom stereocenters. The summed E-state index contributed by atoms with van der Waals surface area (Å²) in [7, 11) is 0. The summed E-state index contributed by atoms with van der Waals surface area (Å²) in [4.78, 5) is 0. The predicted octanol–water partition coefficient (Wildman–Crippen LogP) is 5.62. The minimum absolute atomic E-state index is 0.832. The Morgan fingerprint density at radius 3 is 1.93 bits per heavy atom. The maximum atomic E-state index is 2.63. The third-order valence-electron chi connectivity index (χ3n) is 3.20. The molecule has 0 spiro atoms. The van der Waals surface area contributed by atoms with Crippen molar-refractivity contribution in [2.45, 2.75) is 79.1 Å². The molecule has 0 aliphatic rings. The van der Waals surface area contributed by atoms with Crippen molar-refractivity contribution in [3.05, 3.63) is 6.42 Å². The summed E-state index contributed by atoms with van der Waals surface area (Å²) in [6.07, 6.45) is 13.7. The van der Waals surface area contributed by atoms with Crippen molar-refractivity contribution in [3.63, 3.8) is 0 Å². The van der Waals surface area contributed by atoms with Crippen LogP contribution in [-0.2, 0) is 0 Å². The zero-order valence-electron chi connectivity index (χ0n) is 11.4. The number of rotatable bonds is 10. The van der Waals surface area contributed by atoms with E-state index in [4.69, 9.17) is 0 Å². The Balaban J connectivity index is 3.70. The highest BCUT2D eigenvalue weighted by Gasteiger charge is 2.12. The maximum absolute atomic E-state index is 2.63. The standard InChI is InChI=1S/C15H31/c1-5-8-11-14(4)13-15(10-7-3)12-9-6-2/h13-15H,5-12H2,1-4H3. The van der Waals surface area contributed by atoms with Crippen LogP contribution in [0.15, 0.2) is 0 Å². The third kappa shape index (κ3) is 8.96. The van der Waals surface area contributed by atoms with Gasteiger partial charge in [0.2, 0.25) is 0 Å². The average molecular weight is 211 g/mol. The van der Waals surface area contributed by atoms with Crippen LogP contribution >= 0.6 is 0 Å². The summed E-state index contributed by atoms with van der Waals surface area (Å²) in [5.74, 6) is 1.72. The lowest BCUT2D eigenvalue weighted by Crippen LogP contribution is -2.08. The van der Waals surface area contributed by atoms with Gasteiger partial charge in [-0.05, 0) is 18.3 Å². The van der Waals surface area contributed by atoms with Gasteiger partial charge >= 0.3 is 0 Å². The fourth-order valence-corrected chi connectivity index (χ4v) is 2.26. The minimum Gasteiger partial charge on any atom is -0.0654 e. The molecular formula is C15H31. The maximum Gasteiger partial charge on any atom is -0.0326 e. The quantitative estimate of drug-likeness (QED) is 0.440. The molecule has 0 heterocycles. The first-order valence-electron chi connectivity index (χ1n) is 7.09. The van der Waals surface area contributed by atoms with Gasteiger partial charge in [-0.3, -0.25) is 0 Å². The van der Waals surface area contributed by atoms with Gasteiger partial charge in [0, 0.05) is 0 Å². The van der Waals surface area contributed by atoms with Gasteiger partial charge in [-0.2, -0.15) is 0 Å². The Morgan fingerprint density at radius 1 is 0.800 bits per heavy atom. The topological polar surface area (TPSA) is 0 Å². The summed E-state index contributed by atoms with van der Waals surface area (Å²) in [6, 6.07) is 0. The van der Waals surface area contributed by atoms with E-state index in [0.717, 1.165) is 11.8 Å². The molecule has 0 aliphatic carbocycles. The average Bonchev–Trinajstić information content (AvgIpc) is 2.23. The first kappa shape index (κ1) is 15.0. The molecule has 91 valence electrons. The van der Waals surface area contributed by atoms with Crippen LogP contribution < -0.4 is 0 Å². The fraction of sp³-hybridized carbons (Fsp3) is 0.933. The zero-order valence-corrected chi connectivity index (χ0v) is 11.4. The van der Waals surface area contributed by atoms with Gasteiger partial charge in [0.15, 0.2) is 0 Å². The van der Waals surface area contributed by atoms with E-state index >= 15 is 0 Å². The van der Waals surface area contributed by atoms with Gasteiger partial charge in [0.25, 0.3) is 0 Å². The van der Waals surface area contributed by atoms with Crippen molar-refractivity contribution in [2.24, 2.45) is 11.8 Å². The molecule has 0 N–H and O–H groups in total. The fourth-order valence-electron chi connectivity index (χ4n) is 2.26. The minimum atomic E-state index is 0.832. The second-order valence-corrected chi connectivity index (χ2v) is 5.00. The van der Waals surface area contributed by atoms with Crippen LogP contribution in [0.2, 0.25) is 0 Å². The van der Waals surface area contributed by atoms with Crippen molar-refractivity contribution in [3.8, 4) is 0 Å². The summed E-state index contributed by atoms with van der Waals surface area (Å²) in [5.41, 5.74) is 0. The largest absolute Gasteiger partial charge is 0.0654 e. The van der Waals surface area contributed by atoms with E-state index in [0.29, 0.717) is 0 Å². The molecule has 0 nitrogen and oxygen atoms in total. The van der Waals surface area contributed by atoms with Gasteiger partial charge in [-0.25, -0.2) is 0 Å². The van der Waals surface area contributed by atoms with Gasteiger partial charge in [-0.15, -0.1) is 0 Å². The van der Waals surface area contributed by atoms with Gasteiger partial charge in [-0.1, -0.05) is 79.1 Å². The molecule has 15 heavy (non-hydrogen) atoms. The van der Waals surface area contributed by atoms with E-state index in [1.165, 1.54) is 51.4 Å². The van der Waals surface area contributed by atoms with Crippen molar-refractivity contribution >= 4 is 0 Å². The summed E-state index contributed by atoms with van der Waals surface area (Å²) < 4.78 is 0. The monoisotopic (exact) mass is 211 g/mol. The molecule has 0 aliphatic heterocycles. The predicted molar refractivity (Wildman–Crippen MR) is 70.9 cm³/mol. The molecule has 0 saturated carbocycles. The molecule has 0 saturated heterocycles. The third-order valence-corrected chi connectivity index (χ3v) is 3.20. The van der Waals surface area contributed by atoms with Crippen LogP contribution in [0.1, 0.15) is 79.1 Å². The smallest absolute Gasteiger partial charge is 0.0326 e. The molecule has 0 rings (SSSR count). The molecule has 0 aromatic carbocycles. The Bertz CT molecular complexity index is 117. The summed E-state index contributed by atoms with van der Waals surface area (Å²) in [6.45, 7) is 9.28. The first-order chi connectivity index (χ1) is 7.24. The second kappa shape index (κ2) is 10.5. The van der Waals surface area contributed by atoms with Crippen molar-refractivity contribution < 1.29 is 0 Å². The van der Waals surface area contributed by atoms with Gasteiger partial charge in [0.05, 0.1) is 0 Å². The van der Waals surface area contributed by atoms with E-state index in [1.54, 1.807) is 0 Å². The van der Waals surface area contributed by atoms with E-state index in [-0.39, 0.29) is 0 Å². The van der Waals surface area contributed by atoms with Crippen LogP contribution in [0, 0.1) is 18.3 Å². The first-order valence-corrected chi connectivity index (χ1v) is 7.09. The number of hydrogen-bond acceptors (Lipinski definition) is 0. The van der Waals surface area contributed by atoms with Gasteiger partial charge in [0.1, 0.15) is 0 Å². The summed E-state index contributed by atoms with van der Waals surface area (Å²) >= 11 is 0. The van der Waals surface area contributed by atoms with Crippen molar-refractivity contribution in [1.29, 1.82) is 0 Å². The van der Waals surface area contributed by atoms with Crippen LogP contribution in [0.25, 0.3) is 0 Å². The Kier molecular flexibility index (Phi) is 10.5. The van der Waals surface area contributed by atoms with E-state index < -0.39 is 0 Å². The molecule has 0 amide bonds. The lowest BCUT2D eigenvalue weighted by atomic mass is 9.86. The molecule has 1 radical (unpaired) electrons. The molecule has 0 aromatic rings. The molecule has 2 atom stereocenters. The summed E-state index contributed by atoms with van der Waals surface area (Å²) in [5, 5.41) is 0. The SMILES string of the molecule is CCCCC(C)[CH]C(CCC)CCCC. The van der Waals surface area contributed by atoms with Crippen LogP contribution in [-0.4, -0.2) is 0 Å². The highest BCUT2D eigenvalue weighted by molar-refractivity contribution is 4.81. The lowest BCUT2D eigenvalue weighted by molar-refractivity contribution is 0.418. The molecule has 0 aromatic heterocycles. The Hall–Kier alpha value is 0. The molecule has 0 fully saturated rings. The normalized spacial score (nSPS) is 15.2. The van der Waals surface area contributed by atoms with Crippen LogP contribution in [0.4, 0.5) is 0 Å². The van der Waals surface area contributed by atoms with Gasteiger partial charge < -0.3 is 0 Å². The van der Waals surface area contributed by atoms with E-state index in [2.05, 4.69) is 34.1 Å². The van der Waals surface area contributed by atoms with Crippen molar-refractivity contribution in [1.82, 2.24) is 0 Å². The van der Waals surface area contributed by atoms with E-state index in [1.807, 2.05) is 0 Å². The zero-order chi connectivity index (χ0) is 11.5. The number of unbranched alkanes of at least 4 members (excludes halogenated alkanes) is 2. The molecule has 0 heteroatoms. The van der Waals surface area contributed by atoms with Crippen LogP contribution in [0.5, 0.6) is 0 Å². The molecule has 0 bridgehead atoms.